The van der Waals surface area contributed by atoms with Gasteiger partial charge in [-0.05, 0) is 25.0 Å². The molecule has 0 unspecified atom stereocenters. The molecule has 0 atom stereocenters. The van der Waals surface area contributed by atoms with Gasteiger partial charge in [0.15, 0.2) is 0 Å². The average molecular weight is 308 g/mol. The predicted octanol–water partition coefficient (Wildman–Crippen LogP) is 3.51. The van der Waals surface area contributed by atoms with Crippen molar-refractivity contribution in [3.63, 3.8) is 0 Å². The van der Waals surface area contributed by atoms with Gasteiger partial charge in [-0.3, -0.25) is 4.79 Å². The highest BCUT2D eigenvalue weighted by atomic mass is 32.1. The Balaban J connectivity index is 3.08. The normalized spacial score (nSPS) is 11.0. The Morgan fingerprint density at radius 2 is 1.86 bits per heavy atom. The average Bonchev–Trinajstić information content (AvgIpc) is 2.47. The lowest BCUT2D eigenvalue weighted by molar-refractivity contribution is -0.122. The molecule has 1 aromatic rings. The van der Waals surface area contributed by atoms with Crippen LogP contribution in [0.15, 0.2) is 24.3 Å². The quantitative estimate of drug-likeness (QED) is 0.721. The van der Waals surface area contributed by atoms with Gasteiger partial charge in [-0.15, -0.1) is 0 Å². The minimum absolute atomic E-state index is 0.150. The van der Waals surface area contributed by atoms with E-state index in [0.29, 0.717) is 24.3 Å². The minimum Gasteiger partial charge on any atom is -0.495 e. The molecule has 0 aliphatic carbocycles. The molecule has 0 aromatic heterocycles. The van der Waals surface area contributed by atoms with Gasteiger partial charge in [-0.25, -0.2) is 0 Å². The third-order valence-electron chi connectivity index (χ3n) is 3.62. The van der Waals surface area contributed by atoms with Gasteiger partial charge >= 0.3 is 0 Å². The first-order valence-corrected chi connectivity index (χ1v) is 7.67. The molecule has 1 aromatic carbocycles. The minimum atomic E-state index is -0.792. The van der Waals surface area contributed by atoms with Gasteiger partial charge in [-0.2, -0.15) is 0 Å². The summed E-state index contributed by atoms with van der Waals surface area (Å²) in [6, 6.07) is 7.31. The number of anilines is 1. The van der Waals surface area contributed by atoms with Crippen LogP contribution in [0.25, 0.3) is 0 Å². The number of rotatable bonds is 8. The van der Waals surface area contributed by atoms with Crippen LogP contribution >= 0.6 is 12.2 Å². The van der Waals surface area contributed by atoms with Crippen LogP contribution in [0.1, 0.15) is 39.5 Å². The number of para-hydroxylation sites is 2. The molecule has 4 nitrogen and oxygen atoms in total. The van der Waals surface area contributed by atoms with E-state index in [1.807, 2.05) is 26.0 Å². The zero-order valence-corrected chi connectivity index (χ0v) is 13.8. The molecule has 0 saturated carbocycles. The summed E-state index contributed by atoms with van der Waals surface area (Å²) in [5, 5.41) is 2.92. The largest absolute Gasteiger partial charge is 0.495 e. The van der Waals surface area contributed by atoms with Gasteiger partial charge < -0.3 is 15.8 Å². The van der Waals surface area contributed by atoms with Crippen molar-refractivity contribution in [2.24, 2.45) is 11.1 Å². The second kappa shape index (κ2) is 7.98. The summed E-state index contributed by atoms with van der Waals surface area (Å²) in [7, 11) is 1.57. The number of methoxy groups -OCH3 is 1. The van der Waals surface area contributed by atoms with Crippen molar-refractivity contribution in [2.45, 2.75) is 39.5 Å². The van der Waals surface area contributed by atoms with Crippen molar-refractivity contribution in [3.05, 3.63) is 24.3 Å². The maximum Gasteiger partial charge on any atom is 0.237 e. The summed E-state index contributed by atoms with van der Waals surface area (Å²) in [6.07, 6.45) is 2.99. The lowest BCUT2D eigenvalue weighted by Crippen LogP contribution is -2.46. The van der Waals surface area contributed by atoms with E-state index >= 15 is 0 Å². The maximum absolute atomic E-state index is 12.8. The summed E-state index contributed by atoms with van der Waals surface area (Å²) in [4.78, 5) is 13.1. The highest BCUT2D eigenvalue weighted by Crippen LogP contribution is 2.33. The van der Waals surface area contributed by atoms with Crippen molar-refractivity contribution in [3.8, 4) is 5.75 Å². The van der Waals surface area contributed by atoms with E-state index in [9.17, 15) is 4.79 Å². The van der Waals surface area contributed by atoms with Crippen LogP contribution < -0.4 is 15.8 Å². The molecule has 1 amide bonds. The molecule has 0 bridgehead atoms. The fourth-order valence-corrected chi connectivity index (χ4v) is 2.85. The van der Waals surface area contributed by atoms with E-state index in [-0.39, 0.29) is 10.9 Å². The number of thiocarbonyl (C=S) groups is 1. The molecular weight excluding hydrogens is 284 g/mol. The first kappa shape index (κ1) is 17.4. The Bertz CT molecular complexity index is 497. The number of ether oxygens (including phenoxy) is 1. The SMILES string of the molecule is CCCC(CCC)(C(=O)Nc1ccccc1OC)C(N)=S. The number of amides is 1. The predicted molar refractivity (Wildman–Crippen MR) is 90.7 cm³/mol. The Hall–Kier alpha value is -1.62. The highest BCUT2D eigenvalue weighted by Gasteiger charge is 2.40. The van der Waals surface area contributed by atoms with E-state index in [1.165, 1.54) is 0 Å². The Morgan fingerprint density at radius 3 is 2.33 bits per heavy atom. The zero-order valence-electron chi connectivity index (χ0n) is 12.9. The number of carbonyl (C=O) groups is 1. The first-order valence-electron chi connectivity index (χ1n) is 7.26. The Labute approximate surface area is 132 Å². The molecular formula is C16H24N2O2S. The van der Waals surface area contributed by atoms with Gasteiger partial charge in [0.1, 0.15) is 5.75 Å². The van der Waals surface area contributed by atoms with Crippen molar-refractivity contribution >= 4 is 28.8 Å². The third kappa shape index (κ3) is 3.94. The number of nitrogens with two attached hydrogens (primary N) is 1. The van der Waals surface area contributed by atoms with Crippen LogP contribution in [0, 0.1) is 5.41 Å². The summed E-state index contributed by atoms with van der Waals surface area (Å²) >= 11 is 5.20. The van der Waals surface area contributed by atoms with Crippen molar-refractivity contribution in [1.82, 2.24) is 0 Å². The first-order chi connectivity index (χ1) is 10.0. The Kier molecular flexibility index (Phi) is 6.62. The van der Waals surface area contributed by atoms with E-state index in [1.54, 1.807) is 19.2 Å². The lowest BCUT2D eigenvalue weighted by Gasteiger charge is -2.31. The van der Waals surface area contributed by atoms with Gasteiger partial charge in [0.2, 0.25) is 5.91 Å². The zero-order chi connectivity index (χ0) is 15.9. The second-order valence-corrected chi connectivity index (χ2v) is 5.54. The molecule has 0 fully saturated rings. The van der Waals surface area contributed by atoms with Crippen molar-refractivity contribution < 1.29 is 9.53 Å². The van der Waals surface area contributed by atoms with Crippen molar-refractivity contribution in [1.29, 1.82) is 0 Å². The van der Waals surface area contributed by atoms with E-state index < -0.39 is 5.41 Å². The lowest BCUT2D eigenvalue weighted by atomic mass is 9.78. The fraction of sp³-hybridized carbons (Fsp3) is 0.500. The van der Waals surface area contributed by atoms with Gasteiger partial charge in [-0.1, -0.05) is 51.0 Å². The fourth-order valence-electron chi connectivity index (χ4n) is 2.55. The monoisotopic (exact) mass is 308 g/mol. The molecule has 1 rings (SSSR count). The molecule has 0 aliphatic rings. The highest BCUT2D eigenvalue weighted by molar-refractivity contribution is 7.80. The molecule has 21 heavy (non-hydrogen) atoms. The van der Waals surface area contributed by atoms with E-state index in [2.05, 4.69) is 5.32 Å². The molecule has 0 aliphatic heterocycles. The maximum atomic E-state index is 12.8. The van der Waals surface area contributed by atoms with Crippen LogP contribution in [-0.2, 0) is 4.79 Å². The van der Waals surface area contributed by atoms with Crippen LogP contribution in [0.5, 0.6) is 5.75 Å². The molecule has 0 radical (unpaired) electrons. The van der Waals surface area contributed by atoms with Gasteiger partial charge in [0.25, 0.3) is 0 Å². The van der Waals surface area contributed by atoms with Crippen LogP contribution in [0.3, 0.4) is 0 Å². The second-order valence-electron chi connectivity index (χ2n) is 5.10. The Morgan fingerprint density at radius 1 is 1.29 bits per heavy atom. The standard InChI is InChI=1S/C16H24N2O2S/c1-4-10-16(11-5-2,14(17)21)15(19)18-12-8-6-7-9-13(12)20-3/h6-9H,4-5,10-11H2,1-3H3,(H2,17,21)(H,18,19). The number of hydrogen-bond donors (Lipinski definition) is 2. The molecule has 0 spiro atoms. The summed E-state index contributed by atoms with van der Waals surface area (Å²) in [5.41, 5.74) is 5.75. The third-order valence-corrected chi connectivity index (χ3v) is 4.01. The van der Waals surface area contributed by atoms with Crippen LogP contribution in [0.2, 0.25) is 0 Å². The van der Waals surface area contributed by atoms with E-state index in [4.69, 9.17) is 22.7 Å². The molecule has 5 heteroatoms. The number of benzene rings is 1. The molecule has 0 heterocycles. The van der Waals surface area contributed by atoms with E-state index in [0.717, 1.165) is 12.8 Å². The number of nitrogens with one attached hydrogen (secondary N) is 1. The summed E-state index contributed by atoms with van der Waals surface area (Å²) < 4.78 is 5.26. The molecule has 116 valence electrons. The number of hydrogen-bond acceptors (Lipinski definition) is 3. The molecule has 3 N–H and O–H groups in total. The van der Waals surface area contributed by atoms with Crippen LogP contribution in [-0.4, -0.2) is 18.0 Å². The van der Waals surface area contributed by atoms with Gasteiger partial charge in [0.05, 0.1) is 23.2 Å². The van der Waals surface area contributed by atoms with Crippen LogP contribution in [0.4, 0.5) is 5.69 Å². The van der Waals surface area contributed by atoms with Gasteiger partial charge in [0, 0.05) is 0 Å². The number of carbonyl (C=O) groups excluding carboxylic acids is 1. The van der Waals surface area contributed by atoms with Crippen molar-refractivity contribution in [2.75, 3.05) is 12.4 Å². The summed E-state index contributed by atoms with van der Waals surface area (Å²) in [6.45, 7) is 4.05. The molecule has 0 saturated heterocycles. The topological polar surface area (TPSA) is 64.3 Å². The summed E-state index contributed by atoms with van der Waals surface area (Å²) in [5.74, 6) is 0.471. The smallest absolute Gasteiger partial charge is 0.237 e.